The van der Waals surface area contributed by atoms with Gasteiger partial charge in [-0.05, 0) is 30.7 Å². The van der Waals surface area contributed by atoms with Crippen LogP contribution in [0.3, 0.4) is 0 Å². The summed E-state index contributed by atoms with van der Waals surface area (Å²) in [6, 6.07) is 11.8. The highest BCUT2D eigenvalue weighted by atomic mass is 35.5. The predicted octanol–water partition coefficient (Wildman–Crippen LogP) is 2.82. The van der Waals surface area contributed by atoms with Crippen molar-refractivity contribution in [1.29, 1.82) is 0 Å². The summed E-state index contributed by atoms with van der Waals surface area (Å²) in [6.07, 6.45) is 0.419. The Bertz CT molecular complexity index is 965. The predicted molar refractivity (Wildman–Crippen MR) is 107 cm³/mol. The molecule has 3 N–H and O–H groups in total. The molecule has 10 heteroatoms. The maximum absolute atomic E-state index is 12.6. The highest BCUT2D eigenvalue weighted by molar-refractivity contribution is 7.99. The van der Waals surface area contributed by atoms with E-state index in [-0.39, 0.29) is 28.6 Å². The second-order valence-corrected chi connectivity index (χ2v) is 8.74. The van der Waals surface area contributed by atoms with E-state index >= 15 is 0 Å². The molecule has 0 aliphatic heterocycles. The standard InChI is InChI=1S/C18H19ClN2O5S2/c1-12(22)26-9-5-8-21-18(23)14-10-17(28(20,24)25)15(19)11-16(14)27-13-6-3-2-4-7-13/h2-4,6-7,10-11H,5,8-9H2,1H3,(H,21,23)(H2,20,24,25). The van der Waals surface area contributed by atoms with Gasteiger partial charge in [0.1, 0.15) is 4.90 Å². The van der Waals surface area contributed by atoms with Crippen LogP contribution in [0.15, 0.2) is 57.2 Å². The Hall–Kier alpha value is -2.07. The number of esters is 1. The van der Waals surface area contributed by atoms with Gasteiger partial charge in [-0.25, -0.2) is 13.6 Å². The van der Waals surface area contributed by atoms with Crippen molar-refractivity contribution in [3.05, 3.63) is 53.1 Å². The number of hydrogen-bond acceptors (Lipinski definition) is 6. The molecule has 150 valence electrons. The molecule has 0 aromatic heterocycles. The maximum Gasteiger partial charge on any atom is 0.302 e. The molecule has 0 saturated heterocycles. The third kappa shape index (κ3) is 6.52. The van der Waals surface area contributed by atoms with Crippen molar-refractivity contribution in [1.82, 2.24) is 5.32 Å². The fourth-order valence-corrected chi connectivity index (χ4v) is 4.37. The lowest BCUT2D eigenvalue weighted by molar-refractivity contribution is -0.140. The Morgan fingerprint density at radius 3 is 2.50 bits per heavy atom. The van der Waals surface area contributed by atoms with Gasteiger partial charge in [0, 0.05) is 23.3 Å². The molecule has 0 atom stereocenters. The van der Waals surface area contributed by atoms with E-state index in [9.17, 15) is 18.0 Å². The zero-order chi connectivity index (χ0) is 20.7. The number of rotatable bonds is 8. The number of hydrogen-bond donors (Lipinski definition) is 2. The molecule has 2 aromatic carbocycles. The van der Waals surface area contributed by atoms with Crippen LogP contribution in [0.1, 0.15) is 23.7 Å². The molecule has 0 radical (unpaired) electrons. The molecule has 7 nitrogen and oxygen atoms in total. The van der Waals surface area contributed by atoms with Crippen molar-refractivity contribution in [2.24, 2.45) is 5.14 Å². The largest absolute Gasteiger partial charge is 0.466 e. The molecule has 0 spiro atoms. The van der Waals surface area contributed by atoms with Gasteiger partial charge in [0.2, 0.25) is 10.0 Å². The van der Waals surface area contributed by atoms with E-state index in [1.165, 1.54) is 30.8 Å². The van der Waals surface area contributed by atoms with Gasteiger partial charge in [-0.2, -0.15) is 0 Å². The normalized spacial score (nSPS) is 11.1. The molecule has 0 fully saturated rings. The highest BCUT2D eigenvalue weighted by Gasteiger charge is 2.21. The first kappa shape index (κ1) is 22.2. The Balaban J connectivity index is 2.27. The van der Waals surface area contributed by atoms with E-state index in [2.05, 4.69) is 5.32 Å². The molecular weight excluding hydrogens is 424 g/mol. The van der Waals surface area contributed by atoms with Crippen LogP contribution >= 0.6 is 23.4 Å². The number of carbonyl (C=O) groups excluding carboxylic acids is 2. The second-order valence-electron chi connectivity index (χ2n) is 5.69. The maximum atomic E-state index is 12.6. The van der Waals surface area contributed by atoms with Crippen molar-refractivity contribution in [2.75, 3.05) is 13.2 Å². The molecule has 2 aromatic rings. The molecule has 0 saturated carbocycles. The van der Waals surface area contributed by atoms with Gasteiger partial charge < -0.3 is 10.1 Å². The van der Waals surface area contributed by atoms with Gasteiger partial charge in [-0.15, -0.1) is 0 Å². The molecule has 0 bridgehead atoms. The van der Waals surface area contributed by atoms with E-state index in [4.69, 9.17) is 21.5 Å². The smallest absolute Gasteiger partial charge is 0.302 e. The summed E-state index contributed by atoms with van der Waals surface area (Å²) in [5.74, 6) is -0.883. The minimum absolute atomic E-state index is 0.0626. The molecule has 0 aliphatic carbocycles. The van der Waals surface area contributed by atoms with Crippen LogP contribution in [0.5, 0.6) is 0 Å². The third-order valence-corrected chi connectivity index (χ3v) is 5.91. The van der Waals surface area contributed by atoms with Crippen molar-refractivity contribution >= 4 is 45.3 Å². The minimum atomic E-state index is -4.10. The van der Waals surface area contributed by atoms with Gasteiger partial charge in [0.05, 0.1) is 17.2 Å². The summed E-state index contributed by atoms with van der Waals surface area (Å²) in [5, 5.41) is 7.81. The lowest BCUT2D eigenvalue weighted by Crippen LogP contribution is -2.26. The fourth-order valence-electron chi connectivity index (χ4n) is 2.22. The molecule has 0 unspecified atom stereocenters. The molecule has 0 heterocycles. The number of halogens is 1. The van der Waals surface area contributed by atoms with Gasteiger partial charge >= 0.3 is 5.97 Å². The summed E-state index contributed by atoms with van der Waals surface area (Å²) in [7, 11) is -4.10. The molecule has 1 amide bonds. The SMILES string of the molecule is CC(=O)OCCCNC(=O)c1cc(S(N)(=O)=O)c(Cl)cc1Sc1ccccc1. The van der Waals surface area contributed by atoms with Gasteiger partial charge in [0.15, 0.2) is 0 Å². The van der Waals surface area contributed by atoms with Crippen molar-refractivity contribution in [3.8, 4) is 0 Å². The molecule has 0 aliphatic rings. The first-order valence-corrected chi connectivity index (χ1v) is 10.9. The number of primary sulfonamides is 1. The number of carbonyl (C=O) groups is 2. The summed E-state index contributed by atoms with van der Waals surface area (Å²) in [5.41, 5.74) is 0.134. The van der Waals surface area contributed by atoms with Gasteiger partial charge in [0.25, 0.3) is 5.91 Å². The van der Waals surface area contributed by atoms with Crippen molar-refractivity contribution < 1.29 is 22.7 Å². The number of nitrogens with one attached hydrogen (secondary N) is 1. The van der Waals surface area contributed by atoms with E-state index in [1.54, 1.807) is 0 Å². The van der Waals surface area contributed by atoms with Crippen molar-refractivity contribution in [3.63, 3.8) is 0 Å². The van der Waals surface area contributed by atoms with Crippen LogP contribution in [-0.2, 0) is 19.6 Å². The van der Waals surface area contributed by atoms with Crippen molar-refractivity contribution in [2.45, 2.75) is 28.0 Å². The van der Waals surface area contributed by atoms with Crippen LogP contribution in [-0.4, -0.2) is 33.4 Å². The Morgan fingerprint density at radius 1 is 1.21 bits per heavy atom. The minimum Gasteiger partial charge on any atom is -0.466 e. The topological polar surface area (TPSA) is 116 Å². The van der Waals surface area contributed by atoms with Crippen LogP contribution in [0.2, 0.25) is 5.02 Å². The third-order valence-electron chi connectivity index (χ3n) is 3.47. The Labute approximate surface area is 172 Å². The van der Waals surface area contributed by atoms with E-state index in [1.807, 2.05) is 30.3 Å². The molecule has 2 rings (SSSR count). The average Bonchev–Trinajstić information content (AvgIpc) is 2.61. The van der Waals surface area contributed by atoms with E-state index in [0.29, 0.717) is 11.3 Å². The summed E-state index contributed by atoms with van der Waals surface area (Å²) in [6.45, 7) is 1.72. The number of ether oxygens (including phenoxy) is 1. The Kier molecular flexibility index (Phi) is 7.88. The van der Waals surface area contributed by atoms with Gasteiger partial charge in [-0.3, -0.25) is 9.59 Å². The van der Waals surface area contributed by atoms with E-state index < -0.39 is 21.9 Å². The van der Waals surface area contributed by atoms with Crippen LogP contribution in [0.25, 0.3) is 0 Å². The first-order chi connectivity index (χ1) is 13.2. The summed E-state index contributed by atoms with van der Waals surface area (Å²) in [4.78, 5) is 24.4. The molecular formula is C18H19ClN2O5S2. The summed E-state index contributed by atoms with van der Waals surface area (Å²) >= 11 is 7.35. The number of benzene rings is 2. The van der Waals surface area contributed by atoms with Crippen LogP contribution < -0.4 is 10.5 Å². The Morgan fingerprint density at radius 2 is 1.89 bits per heavy atom. The van der Waals surface area contributed by atoms with E-state index in [0.717, 1.165) is 4.90 Å². The lowest BCUT2D eigenvalue weighted by atomic mass is 10.2. The first-order valence-electron chi connectivity index (χ1n) is 8.19. The van der Waals surface area contributed by atoms with Crippen LogP contribution in [0.4, 0.5) is 0 Å². The van der Waals surface area contributed by atoms with Gasteiger partial charge in [-0.1, -0.05) is 41.6 Å². The monoisotopic (exact) mass is 442 g/mol. The lowest BCUT2D eigenvalue weighted by Gasteiger charge is -2.13. The van der Waals surface area contributed by atoms with Crippen LogP contribution in [0, 0.1) is 0 Å². The number of sulfonamides is 1. The zero-order valence-corrected chi connectivity index (χ0v) is 17.4. The summed E-state index contributed by atoms with van der Waals surface area (Å²) < 4.78 is 28.3. The zero-order valence-electron chi connectivity index (χ0n) is 15.0. The molecule has 28 heavy (non-hydrogen) atoms. The number of nitrogens with two attached hydrogens (primary N) is 1. The average molecular weight is 443 g/mol. The second kappa shape index (κ2) is 9.92. The number of amides is 1. The highest BCUT2D eigenvalue weighted by Crippen LogP contribution is 2.35. The quantitative estimate of drug-likeness (QED) is 0.479. The fraction of sp³-hybridized carbons (Fsp3) is 0.222.